The predicted molar refractivity (Wildman–Crippen MR) is 114 cm³/mol. The van der Waals surface area contributed by atoms with E-state index in [-0.39, 0.29) is 5.78 Å². The summed E-state index contributed by atoms with van der Waals surface area (Å²) in [5.74, 6) is -0.0379. The number of benzene rings is 2. The molecule has 0 saturated heterocycles. The van der Waals surface area contributed by atoms with Gasteiger partial charge in [0.25, 0.3) is 0 Å². The number of hydrogen-bond donors (Lipinski definition) is 1. The highest BCUT2D eigenvalue weighted by Gasteiger charge is 2.33. The molecule has 8 heteroatoms. The molecule has 0 radical (unpaired) electrons. The predicted octanol–water partition coefficient (Wildman–Crippen LogP) is 4.85. The van der Waals surface area contributed by atoms with Crippen LogP contribution in [-0.4, -0.2) is 37.2 Å². The van der Waals surface area contributed by atoms with Gasteiger partial charge in [0, 0.05) is 22.1 Å². The molecule has 0 spiro atoms. The Morgan fingerprint density at radius 3 is 2.76 bits per heavy atom. The zero-order valence-electron chi connectivity index (χ0n) is 15.0. The number of Topliss-reactive ketones (excluding diaryl/α,β-unsaturated/α-hetero) is 1. The van der Waals surface area contributed by atoms with E-state index >= 15 is 0 Å². The molecule has 2 aromatic carbocycles. The minimum absolute atomic E-state index is 0.00639. The Morgan fingerprint density at radius 2 is 1.86 bits per heavy atom. The van der Waals surface area contributed by atoms with Crippen molar-refractivity contribution in [2.24, 2.45) is 4.99 Å². The second-order valence-electron chi connectivity index (χ2n) is 6.51. The smallest absolute Gasteiger partial charge is 0.178 e. The fourth-order valence-electron chi connectivity index (χ4n) is 3.44. The van der Waals surface area contributed by atoms with Gasteiger partial charge in [0.2, 0.25) is 0 Å². The van der Waals surface area contributed by atoms with E-state index in [0.717, 1.165) is 16.3 Å². The molecule has 142 valence electrons. The van der Waals surface area contributed by atoms with Crippen molar-refractivity contribution in [1.29, 1.82) is 0 Å². The molecule has 5 rings (SSSR count). The maximum Gasteiger partial charge on any atom is 0.178 e. The number of para-hydroxylation sites is 1. The number of imidazole rings is 1. The molecule has 29 heavy (non-hydrogen) atoms. The lowest BCUT2D eigenvalue weighted by Gasteiger charge is -2.24. The summed E-state index contributed by atoms with van der Waals surface area (Å²) in [4.78, 5) is 34.0. The molecule has 0 aliphatic carbocycles. The van der Waals surface area contributed by atoms with Crippen molar-refractivity contribution in [2.75, 3.05) is 5.75 Å². The number of aliphatic imine (C=N–C) groups is 1. The molecule has 0 amide bonds. The van der Waals surface area contributed by atoms with Gasteiger partial charge in [-0.25, -0.2) is 15.0 Å². The van der Waals surface area contributed by atoms with Gasteiger partial charge >= 0.3 is 0 Å². The number of nitrogens with one attached hydrogen (secondary N) is 1. The summed E-state index contributed by atoms with van der Waals surface area (Å²) in [6, 6.07) is 14.8. The molecule has 1 unspecified atom stereocenters. The largest absolute Gasteiger partial charge is 0.329 e. The summed E-state index contributed by atoms with van der Waals surface area (Å²) < 4.78 is 0. The number of aromatic nitrogens is 4. The quantitative estimate of drug-likeness (QED) is 0.377. The normalized spacial score (nSPS) is 16.0. The molecule has 1 aliphatic rings. The van der Waals surface area contributed by atoms with Gasteiger partial charge < -0.3 is 4.98 Å². The van der Waals surface area contributed by atoms with Gasteiger partial charge in [-0.3, -0.25) is 9.79 Å². The number of ketones is 1. The highest BCUT2D eigenvalue weighted by Crippen LogP contribution is 2.38. The summed E-state index contributed by atoms with van der Waals surface area (Å²) in [5.41, 5.74) is 4.19. The fraction of sp³-hybridized carbons (Fsp3) is 0.0952. The molecule has 1 aliphatic heterocycles. The van der Waals surface area contributed by atoms with E-state index in [1.807, 2.05) is 42.5 Å². The number of nitrogens with zero attached hydrogens (tertiary/aromatic N) is 4. The first kappa shape index (κ1) is 18.0. The van der Waals surface area contributed by atoms with Crippen LogP contribution < -0.4 is 0 Å². The fourth-order valence-corrected chi connectivity index (χ4v) is 4.61. The molecule has 1 atom stereocenters. The van der Waals surface area contributed by atoms with Gasteiger partial charge in [-0.05, 0) is 23.8 Å². The van der Waals surface area contributed by atoms with Crippen molar-refractivity contribution in [3.05, 3.63) is 77.3 Å². The summed E-state index contributed by atoms with van der Waals surface area (Å²) in [6.07, 6.45) is 3.09. The third kappa shape index (κ3) is 3.22. The van der Waals surface area contributed by atoms with Crippen LogP contribution in [0.3, 0.4) is 0 Å². The van der Waals surface area contributed by atoms with Crippen LogP contribution in [0.25, 0.3) is 11.2 Å². The molecule has 6 nitrogen and oxygen atoms in total. The number of carbonyl (C=O) groups is 1. The SMILES string of the molecule is O=C1c2ccccc2N=C(CSc2ncnc3[nH]cnc23)C1c1ccccc1Cl. The Labute approximate surface area is 175 Å². The van der Waals surface area contributed by atoms with E-state index in [1.54, 1.807) is 12.4 Å². The van der Waals surface area contributed by atoms with Gasteiger partial charge in [0.05, 0.1) is 17.9 Å². The first-order chi connectivity index (χ1) is 14.2. The number of halogens is 1. The van der Waals surface area contributed by atoms with Crippen molar-refractivity contribution >= 4 is 51.7 Å². The third-order valence-corrected chi connectivity index (χ3v) is 6.14. The summed E-state index contributed by atoms with van der Waals surface area (Å²) in [5, 5.41) is 1.29. The molecule has 3 heterocycles. The van der Waals surface area contributed by atoms with Crippen LogP contribution in [0.1, 0.15) is 21.8 Å². The van der Waals surface area contributed by atoms with Crippen molar-refractivity contribution in [3.63, 3.8) is 0 Å². The second-order valence-corrected chi connectivity index (χ2v) is 7.88. The molecule has 4 aromatic rings. The average Bonchev–Trinajstić information content (AvgIpc) is 3.23. The lowest BCUT2D eigenvalue weighted by molar-refractivity contribution is 0.0981. The average molecular weight is 420 g/mol. The van der Waals surface area contributed by atoms with E-state index in [1.165, 1.54) is 18.1 Å². The van der Waals surface area contributed by atoms with Crippen molar-refractivity contribution in [2.45, 2.75) is 10.9 Å². The molecule has 0 bridgehead atoms. The highest BCUT2D eigenvalue weighted by atomic mass is 35.5. The number of thioether (sulfide) groups is 1. The lowest BCUT2D eigenvalue weighted by Crippen LogP contribution is -2.27. The van der Waals surface area contributed by atoms with Crippen LogP contribution in [-0.2, 0) is 0 Å². The summed E-state index contributed by atoms with van der Waals surface area (Å²) in [6.45, 7) is 0. The topological polar surface area (TPSA) is 83.9 Å². The van der Waals surface area contributed by atoms with Gasteiger partial charge in [0.1, 0.15) is 16.9 Å². The number of carbonyl (C=O) groups excluding carboxylic acids is 1. The monoisotopic (exact) mass is 419 g/mol. The van der Waals surface area contributed by atoms with Gasteiger partial charge in [0.15, 0.2) is 11.4 Å². The van der Waals surface area contributed by atoms with Crippen LogP contribution in [0, 0.1) is 0 Å². The van der Waals surface area contributed by atoms with Crippen LogP contribution in [0.15, 0.2) is 71.2 Å². The van der Waals surface area contributed by atoms with E-state index < -0.39 is 5.92 Å². The second kappa shape index (κ2) is 7.42. The standard InChI is InChI=1S/C21H14ClN5OS/c22-14-7-3-1-5-12(14)17-16(27-15-8-4-2-6-13(15)19(17)28)9-29-21-18-20(24-10-23-18)25-11-26-21/h1-8,10-11,17H,9H2,(H,23,24,25,26). The highest BCUT2D eigenvalue weighted by molar-refractivity contribution is 8.00. The van der Waals surface area contributed by atoms with Gasteiger partial charge in [-0.2, -0.15) is 0 Å². The molecule has 1 N–H and O–H groups in total. The number of rotatable bonds is 4. The van der Waals surface area contributed by atoms with Crippen molar-refractivity contribution in [1.82, 2.24) is 19.9 Å². The molecular weight excluding hydrogens is 406 g/mol. The Morgan fingerprint density at radius 1 is 1.03 bits per heavy atom. The van der Waals surface area contributed by atoms with Crippen LogP contribution in [0.5, 0.6) is 0 Å². The third-order valence-electron chi connectivity index (χ3n) is 4.79. The van der Waals surface area contributed by atoms with Gasteiger partial charge in [-0.15, -0.1) is 0 Å². The Balaban J connectivity index is 1.56. The number of H-pyrrole nitrogens is 1. The number of hydrogen-bond acceptors (Lipinski definition) is 6. The minimum atomic E-state index is -0.525. The first-order valence-corrected chi connectivity index (χ1v) is 10.3. The van der Waals surface area contributed by atoms with E-state index in [9.17, 15) is 4.79 Å². The number of fused-ring (bicyclic) bond motifs is 2. The summed E-state index contributed by atoms with van der Waals surface area (Å²) >= 11 is 7.93. The van der Waals surface area contributed by atoms with Crippen molar-refractivity contribution in [3.8, 4) is 0 Å². The molecule has 2 aromatic heterocycles. The molecular formula is C21H14ClN5OS. The Bertz CT molecular complexity index is 1270. The van der Waals surface area contributed by atoms with E-state index in [4.69, 9.17) is 16.6 Å². The van der Waals surface area contributed by atoms with Crippen LogP contribution in [0.4, 0.5) is 5.69 Å². The maximum absolute atomic E-state index is 13.4. The zero-order chi connectivity index (χ0) is 19.8. The van der Waals surface area contributed by atoms with Crippen LogP contribution in [0.2, 0.25) is 5.02 Å². The van der Waals surface area contributed by atoms with E-state index in [0.29, 0.717) is 33.2 Å². The van der Waals surface area contributed by atoms with Crippen LogP contribution >= 0.6 is 23.4 Å². The maximum atomic E-state index is 13.4. The lowest BCUT2D eigenvalue weighted by atomic mass is 9.84. The summed E-state index contributed by atoms with van der Waals surface area (Å²) in [7, 11) is 0. The van der Waals surface area contributed by atoms with Crippen molar-refractivity contribution < 1.29 is 4.79 Å². The Hall–Kier alpha value is -3.03. The van der Waals surface area contributed by atoms with E-state index in [2.05, 4.69) is 19.9 Å². The first-order valence-electron chi connectivity index (χ1n) is 8.94. The number of aromatic amines is 1. The Kier molecular flexibility index (Phi) is 4.61. The van der Waals surface area contributed by atoms with Gasteiger partial charge in [-0.1, -0.05) is 53.7 Å². The zero-order valence-corrected chi connectivity index (χ0v) is 16.6. The molecule has 0 saturated carbocycles. The minimum Gasteiger partial charge on any atom is -0.329 e. The molecule has 0 fully saturated rings.